The van der Waals surface area contributed by atoms with Crippen molar-refractivity contribution < 1.29 is 4.21 Å². The lowest BCUT2D eigenvalue weighted by Crippen LogP contribution is -1.87. The summed E-state index contributed by atoms with van der Waals surface area (Å²) in [4.78, 5) is 4.08. The first-order valence-corrected chi connectivity index (χ1v) is 6.22. The van der Waals surface area contributed by atoms with Gasteiger partial charge in [0, 0.05) is 4.90 Å². The number of benzene rings is 1. The first-order valence-electron chi connectivity index (χ1n) is 4.25. The minimum atomic E-state index is -1.15. The number of hydrogen-bond donors (Lipinski definition) is 0. The van der Waals surface area contributed by atoms with Crippen LogP contribution in [0, 0.1) is 6.57 Å². The molecule has 0 spiro atoms. The molecule has 74 valence electrons. The molecule has 1 unspecified atom stereocenters. The second-order valence-corrected chi connectivity index (χ2v) is 5.56. The van der Waals surface area contributed by atoms with E-state index in [-0.39, 0.29) is 0 Å². The van der Waals surface area contributed by atoms with Gasteiger partial charge in [-0.25, -0.2) is 9.05 Å². The zero-order valence-corrected chi connectivity index (χ0v) is 9.35. The third-order valence-corrected chi connectivity index (χ3v) is 4.50. The Labute approximate surface area is 94.5 Å². The molecule has 0 saturated heterocycles. The summed E-state index contributed by atoms with van der Waals surface area (Å²) in [6.07, 6.45) is 0. The Balaban J connectivity index is 2.34. The largest absolute Gasteiger partial charge is 0.248 e. The maximum Gasteiger partial charge on any atom is 0.242 e. The summed E-state index contributed by atoms with van der Waals surface area (Å²) >= 11 is 1.28. The normalized spacial score (nSPS) is 11.9. The summed E-state index contributed by atoms with van der Waals surface area (Å²) < 4.78 is 12.7. The summed E-state index contributed by atoms with van der Waals surface area (Å²) in [5.41, 5.74) is 0. The van der Waals surface area contributed by atoms with E-state index >= 15 is 0 Å². The van der Waals surface area contributed by atoms with Crippen LogP contribution in [0.1, 0.15) is 0 Å². The molecule has 0 fully saturated rings. The molecule has 2 aromatic rings. The average molecular weight is 233 g/mol. The van der Waals surface area contributed by atoms with Crippen LogP contribution in [-0.4, -0.2) is 4.21 Å². The molecule has 0 aliphatic heterocycles. The molecule has 1 atom stereocenters. The Morgan fingerprint density at radius 1 is 1.13 bits per heavy atom. The highest BCUT2D eigenvalue weighted by Crippen LogP contribution is 2.29. The molecule has 1 aromatic carbocycles. The molecular formula is C11H7NOS2. The standard InChI is InChI=1S/C11H7NOS2/c1-12-10-7-8-11(14-10)15(13)9-5-3-2-4-6-9/h2-8H. The van der Waals surface area contributed by atoms with Crippen molar-refractivity contribution in [3.63, 3.8) is 0 Å². The van der Waals surface area contributed by atoms with Crippen LogP contribution in [-0.2, 0) is 10.8 Å². The van der Waals surface area contributed by atoms with Crippen molar-refractivity contribution >= 4 is 27.1 Å². The maximum atomic E-state index is 12.0. The molecule has 0 N–H and O–H groups in total. The third kappa shape index (κ3) is 2.14. The molecule has 2 nitrogen and oxygen atoms in total. The lowest BCUT2D eigenvalue weighted by molar-refractivity contribution is 0.684. The number of thiophene rings is 1. The van der Waals surface area contributed by atoms with E-state index in [9.17, 15) is 4.21 Å². The van der Waals surface area contributed by atoms with Crippen molar-refractivity contribution in [3.8, 4) is 0 Å². The van der Waals surface area contributed by atoms with E-state index < -0.39 is 10.8 Å². The van der Waals surface area contributed by atoms with Crippen LogP contribution in [0.15, 0.2) is 51.6 Å². The van der Waals surface area contributed by atoms with Crippen molar-refractivity contribution in [2.24, 2.45) is 0 Å². The van der Waals surface area contributed by atoms with Gasteiger partial charge in [-0.1, -0.05) is 18.2 Å². The SMILES string of the molecule is [C-]#[N+]c1ccc(S(=O)c2ccccc2)s1. The van der Waals surface area contributed by atoms with Crippen molar-refractivity contribution in [3.05, 3.63) is 53.9 Å². The van der Waals surface area contributed by atoms with E-state index in [1.807, 2.05) is 30.3 Å². The van der Waals surface area contributed by atoms with Gasteiger partial charge in [-0.2, -0.15) is 0 Å². The van der Waals surface area contributed by atoms with Gasteiger partial charge in [-0.15, -0.1) is 11.3 Å². The zero-order chi connectivity index (χ0) is 10.7. The monoisotopic (exact) mass is 233 g/mol. The van der Waals surface area contributed by atoms with Crippen molar-refractivity contribution in [1.29, 1.82) is 0 Å². The fourth-order valence-electron chi connectivity index (χ4n) is 1.13. The van der Waals surface area contributed by atoms with Crippen LogP contribution < -0.4 is 0 Å². The Kier molecular flexibility index (Phi) is 2.95. The molecular weight excluding hydrogens is 226 g/mol. The quantitative estimate of drug-likeness (QED) is 0.728. The van der Waals surface area contributed by atoms with Crippen LogP contribution in [0.4, 0.5) is 5.00 Å². The molecule has 0 bridgehead atoms. The third-order valence-electron chi connectivity index (χ3n) is 1.82. The van der Waals surface area contributed by atoms with Gasteiger partial charge in [0.15, 0.2) is 0 Å². The summed E-state index contributed by atoms with van der Waals surface area (Å²) in [7, 11) is -1.15. The fraction of sp³-hybridized carbons (Fsp3) is 0. The smallest absolute Gasteiger partial charge is 0.242 e. The molecule has 0 aliphatic carbocycles. The van der Waals surface area contributed by atoms with Crippen molar-refractivity contribution in [1.82, 2.24) is 0 Å². The summed E-state index contributed by atoms with van der Waals surface area (Å²) in [5.74, 6) is 0. The van der Waals surface area contributed by atoms with E-state index in [0.717, 1.165) is 9.10 Å². The van der Waals surface area contributed by atoms with E-state index in [0.29, 0.717) is 5.00 Å². The fourth-order valence-corrected chi connectivity index (χ4v) is 3.33. The van der Waals surface area contributed by atoms with Crippen LogP contribution in [0.2, 0.25) is 0 Å². The van der Waals surface area contributed by atoms with Crippen LogP contribution >= 0.6 is 11.3 Å². The van der Waals surface area contributed by atoms with Crippen molar-refractivity contribution in [2.45, 2.75) is 9.10 Å². The maximum absolute atomic E-state index is 12.0. The van der Waals surface area contributed by atoms with Gasteiger partial charge in [-0.3, -0.25) is 0 Å². The lowest BCUT2D eigenvalue weighted by Gasteiger charge is -1.97. The van der Waals surface area contributed by atoms with Crippen LogP contribution in [0.5, 0.6) is 0 Å². The predicted octanol–water partition coefficient (Wildman–Crippen LogP) is 3.47. The van der Waals surface area contributed by atoms with Crippen molar-refractivity contribution in [2.75, 3.05) is 0 Å². The Bertz CT molecular complexity index is 525. The topological polar surface area (TPSA) is 21.4 Å². The van der Waals surface area contributed by atoms with Gasteiger partial charge >= 0.3 is 0 Å². The predicted molar refractivity (Wildman–Crippen MR) is 61.7 cm³/mol. The Hall–Kier alpha value is -1.44. The van der Waals surface area contributed by atoms with Gasteiger partial charge < -0.3 is 0 Å². The van der Waals surface area contributed by atoms with E-state index in [2.05, 4.69) is 4.85 Å². The lowest BCUT2D eigenvalue weighted by atomic mass is 10.4. The van der Waals surface area contributed by atoms with Gasteiger partial charge in [0.05, 0.1) is 21.6 Å². The average Bonchev–Trinajstić information content (AvgIpc) is 2.78. The Morgan fingerprint density at radius 3 is 2.47 bits per heavy atom. The molecule has 0 saturated carbocycles. The number of nitrogens with zero attached hydrogens (tertiary/aromatic N) is 1. The van der Waals surface area contributed by atoms with E-state index in [1.165, 1.54) is 11.3 Å². The molecule has 1 heterocycles. The Morgan fingerprint density at radius 2 is 1.87 bits per heavy atom. The molecule has 0 radical (unpaired) electrons. The first kappa shape index (κ1) is 10.1. The molecule has 2 rings (SSSR count). The molecule has 1 aromatic heterocycles. The highest BCUT2D eigenvalue weighted by Gasteiger charge is 2.08. The van der Waals surface area contributed by atoms with Crippen LogP contribution in [0.25, 0.3) is 4.85 Å². The number of rotatable bonds is 2. The second kappa shape index (κ2) is 4.39. The highest BCUT2D eigenvalue weighted by molar-refractivity contribution is 7.87. The highest BCUT2D eigenvalue weighted by atomic mass is 32.2. The number of hydrogen-bond acceptors (Lipinski definition) is 2. The minimum Gasteiger partial charge on any atom is -0.248 e. The minimum absolute atomic E-state index is 0.578. The summed E-state index contributed by atoms with van der Waals surface area (Å²) in [6.45, 7) is 6.84. The van der Waals surface area contributed by atoms with Gasteiger partial charge in [0.2, 0.25) is 5.00 Å². The van der Waals surface area contributed by atoms with Crippen LogP contribution in [0.3, 0.4) is 0 Å². The second-order valence-electron chi connectivity index (χ2n) is 2.79. The zero-order valence-electron chi connectivity index (χ0n) is 7.71. The molecule has 4 heteroatoms. The summed E-state index contributed by atoms with van der Waals surface area (Å²) in [5, 5.41) is 0.578. The molecule has 0 amide bonds. The molecule has 0 aliphatic rings. The summed E-state index contributed by atoms with van der Waals surface area (Å²) in [6, 6.07) is 12.7. The molecule has 15 heavy (non-hydrogen) atoms. The van der Waals surface area contributed by atoms with Gasteiger partial charge in [0.25, 0.3) is 0 Å². The van der Waals surface area contributed by atoms with Gasteiger partial charge in [0.1, 0.15) is 0 Å². The first-order chi connectivity index (χ1) is 7.31. The van der Waals surface area contributed by atoms with E-state index in [1.54, 1.807) is 12.1 Å². The van der Waals surface area contributed by atoms with Gasteiger partial charge in [-0.05, 0) is 24.3 Å². The van der Waals surface area contributed by atoms with E-state index in [4.69, 9.17) is 6.57 Å².